The summed E-state index contributed by atoms with van der Waals surface area (Å²) in [6.07, 6.45) is 0. The highest BCUT2D eigenvalue weighted by Crippen LogP contribution is 2.26. The minimum Gasteiger partial charge on any atom is -0.489 e. The molecule has 0 aliphatic heterocycles. The van der Waals surface area contributed by atoms with Gasteiger partial charge in [-0.05, 0) is 48.9 Å². The van der Waals surface area contributed by atoms with E-state index in [1.165, 1.54) is 5.56 Å². The van der Waals surface area contributed by atoms with Crippen molar-refractivity contribution in [3.05, 3.63) is 83.9 Å². The maximum Gasteiger partial charge on any atom is 0.323 e. The third kappa shape index (κ3) is 3.74. The Hall–Kier alpha value is -3.60. The molecule has 0 saturated heterocycles. The Kier molecular flexibility index (Phi) is 4.81. The molecule has 140 valence electrons. The largest absolute Gasteiger partial charge is 0.489 e. The SMILES string of the molecule is Cc1cccc(COc2ccc(-c3nc4ccccc4n3CC(=O)O)cc2)c1. The van der Waals surface area contributed by atoms with Gasteiger partial charge in [0.15, 0.2) is 0 Å². The fraction of sp³-hybridized carbons (Fsp3) is 0.130. The van der Waals surface area contributed by atoms with Crippen LogP contribution in [0.15, 0.2) is 72.8 Å². The lowest BCUT2D eigenvalue weighted by Crippen LogP contribution is -2.10. The Morgan fingerprint density at radius 3 is 2.57 bits per heavy atom. The van der Waals surface area contributed by atoms with Crippen molar-refractivity contribution in [1.29, 1.82) is 0 Å². The molecule has 5 nitrogen and oxygen atoms in total. The molecule has 0 radical (unpaired) electrons. The summed E-state index contributed by atoms with van der Waals surface area (Å²) in [7, 11) is 0. The zero-order chi connectivity index (χ0) is 19.5. The van der Waals surface area contributed by atoms with Crippen molar-refractivity contribution in [3.63, 3.8) is 0 Å². The van der Waals surface area contributed by atoms with E-state index < -0.39 is 5.97 Å². The number of carbonyl (C=O) groups is 1. The first-order chi connectivity index (χ1) is 13.6. The van der Waals surface area contributed by atoms with E-state index in [0.717, 1.165) is 27.9 Å². The van der Waals surface area contributed by atoms with E-state index in [0.29, 0.717) is 12.4 Å². The Morgan fingerprint density at radius 1 is 1.04 bits per heavy atom. The lowest BCUT2D eigenvalue weighted by molar-refractivity contribution is -0.137. The third-order valence-corrected chi connectivity index (χ3v) is 4.55. The van der Waals surface area contributed by atoms with Gasteiger partial charge < -0.3 is 14.4 Å². The molecule has 1 heterocycles. The van der Waals surface area contributed by atoms with Gasteiger partial charge in [-0.25, -0.2) is 4.98 Å². The van der Waals surface area contributed by atoms with Gasteiger partial charge in [-0.2, -0.15) is 0 Å². The predicted molar refractivity (Wildman–Crippen MR) is 108 cm³/mol. The number of ether oxygens (including phenoxy) is 1. The first-order valence-corrected chi connectivity index (χ1v) is 9.06. The first-order valence-electron chi connectivity index (χ1n) is 9.06. The maximum absolute atomic E-state index is 11.3. The number of aromatic nitrogens is 2. The van der Waals surface area contributed by atoms with Crippen molar-refractivity contribution in [1.82, 2.24) is 9.55 Å². The quantitative estimate of drug-likeness (QED) is 0.534. The van der Waals surface area contributed by atoms with Crippen LogP contribution in [0.4, 0.5) is 0 Å². The fourth-order valence-electron chi connectivity index (χ4n) is 3.26. The second-order valence-corrected chi connectivity index (χ2v) is 6.71. The zero-order valence-electron chi connectivity index (χ0n) is 15.5. The van der Waals surface area contributed by atoms with Crippen molar-refractivity contribution in [2.24, 2.45) is 0 Å². The molecular formula is C23H20N2O3. The Bertz CT molecular complexity index is 1130. The van der Waals surface area contributed by atoms with Crippen LogP contribution in [0, 0.1) is 6.92 Å². The number of aliphatic carboxylic acids is 1. The number of benzene rings is 3. The van der Waals surface area contributed by atoms with Gasteiger partial charge in [-0.3, -0.25) is 4.79 Å². The second kappa shape index (κ2) is 7.56. The highest BCUT2D eigenvalue weighted by atomic mass is 16.5. The van der Waals surface area contributed by atoms with Crippen molar-refractivity contribution in [2.75, 3.05) is 0 Å². The summed E-state index contributed by atoms with van der Waals surface area (Å²) in [6.45, 7) is 2.42. The molecule has 1 N–H and O–H groups in total. The molecule has 0 unspecified atom stereocenters. The van der Waals surface area contributed by atoms with Crippen LogP contribution < -0.4 is 4.74 Å². The molecule has 28 heavy (non-hydrogen) atoms. The molecule has 0 bridgehead atoms. The number of para-hydroxylation sites is 2. The van der Waals surface area contributed by atoms with Crippen molar-refractivity contribution < 1.29 is 14.6 Å². The number of carboxylic acid groups (broad SMARTS) is 1. The Labute approximate surface area is 162 Å². The molecule has 0 saturated carbocycles. The summed E-state index contributed by atoms with van der Waals surface area (Å²) in [5, 5.41) is 9.29. The molecule has 1 aromatic heterocycles. The van der Waals surface area contributed by atoms with Crippen LogP contribution in [0.2, 0.25) is 0 Å². The standard InChI is InChI=1S/C23H20N2O3/c1-16-5-4-6-17(13-16)15-28-19-11-9-18(10-12-19)23-24-20-7-2-3-8-21(20)25(23)14-22(26)27/h2-13H,14-15H2,1H3,(H,26,27). The predicted octanol–water partition coefficient (Wildman–Crippen LogP) is 4.68. The van der Waals surface area contributed by atoms with E-state index in [1.54, 1.807) is 4.57 Å². The molecule has 0 aliphatic carbocycles. The average molecular weight is 372 g/mol. The van der Waals surface area contributed by atoms with E-state index in [2.05, 4.69) is 24.0 Å². The number of hydrogen-bond donors (Lipinski definition) is 1. The van der Waals surface area contributed by atoms with Crippen molar-refractivity contribution in [2.45, 2.75) is 20.1 Å². The van der Waals surface area contributed by atoms with Gasteiger partial charge in [0.1, 0.15) is 24.7 Å². The normalized spacial score (nSPS) is 10.9. The number of carboxylic acids is 1. The number of nitrogens with zero attached hydrogens (tertiary/aromatic N) is 2. The molecular weight excluding hydrogens is 352 g/mol. The number of hydrogen-bond acceptors (Lipinski definition) is 3. The highest BCUT2D eigenvalue weighted by Gasteiger charge is 2.14. The summed E-state index contributed by atoms with van der Waals surface area (Å²) in [5.41, 5.74) is 4.75. The molecule has 0 fully saturated rings. The number of rotatable bonds is 6. The monoisotopic (exact) mass is 372 g/mol. The van der Waals surface area contributed by atoms with E-state index in [-0.39, 0.29) is 6.54 Å². The number of fused-ring (bicyclic) bond motifs is 1. The first kappa shape index (κ1) is 17.8. The Balaban J connectivity index is 1.59. The van der Waals surface area contributed by atoms with Gasteiger partial charge in [-0.1, -0.05) is 42.0 Å². The lowest BCUT2D eigenvalue weighted by atomic mass is 10.1. The molecule has 0 atom stereocenters. The molecule has 4 rings (SSSR count). The minimum absolute atomic E-state index is 0.137. The van der Waals surface area contributed by atoms with Crippen LogP contribution in [-0.4, -0.2) is 20.6 Å². The number of imidazole rings is 1. The van der Waals surface area contributed by atoms with E-state index >= 15 is 0 Å². The maximum atomic E-state index is 11.3. The summed E-state index contributed by atoms with van der Waals surface area (Å²) in [6, 6.07) is 23.3. The minimum atomic E-state index is -0.900. The molecule has 5 heteroatoms. The van der Waals surface area contributed by atoms with E-state index in [1.807, 2.05) is 60.7 Å². The highest BCUT2D eigenvalue weighted by molar-refractivity contribution is 5.82. The van der Waals surface area contributed by atoms with Crippen molar-refractivity contribution >= 4 is 17.0 Å². The molecule has 0 spiro atoms. The lowest BCUT2D eigenvalue weighted by Gasteiger charge is -2.09. The topological polar surface area (TPSA) is 64.4 Å². The van der Waals surface area contributed by atoms with Gasteiger partial charge in [-0.15, -0.1) is 0 Å². The van der Waals surface area contributed by atoms with E-state index in [4.69, 9.17) is 4.74 Å². The van der Waals surface area contributed by atoms with Gasteiger partial charge >= 0.3 is 5.97 Å². The fourth-order valence-corrected chi connectivity index (χ4v) is 3.26. The molecule has 4 aromatic rings. The van der Waals surface area contributed by atoms with Gasteiger partial charge in [0.2, 0.25) is 0 Å². The Morgan fingerprint density at radius 2 is 1.82 bits per heavy atom. The summed E-state index contributed by atoms with van der Waals surface area (Å²) >= 11 is 0. The summed E-state index contributed by atoms with van der Waals surface area (Å²) < 4.78 is 7.59. The van der Waals surface area contributed by atoms with Crippen LogP contribution in [-0.2, 0) is 17.9 Å². The zero-order valence-corrected chi connectivity index (χ0v) is 15.5. The van der Waals surface area contributed by atoms with Crippen LogP contribution in [0.3, 0.4) is 0 Å². The molecule has 0 aliphatic rings. The van der Waals surface area contributed by atoms with Gasteiger partial charge in [0, 0.05) is 5.56 Å². The second-order valence-electron chi connectivity index (χ2n) is 6.71. The van der Waals surface area contributed by atoms with Crippen LogP contribution in [0.5, 0.6) is 5.75 Å². The molecule has 0 amide bonds. The summed E-state index contributed by atoms with van der Waals surface area (Å²) in [4.78, 5) is 16.0. The molecule has 3 aromatic carbocycles. The van der Waals surface area contributed by atoms with E-state index in [9.17, 15) is 9.90 Å². The summed E-state index contributed by atoms with van der Waals surface area (Å²) in [5.74, 6) is 0.488. The third-order valence-electron chi connectivity index (χ3n) is 4.55. The smallest absolute Gasteiger partial charge is 0.323 e. The van der Waals surface area contributed by atoms with Crippen LogP contribution in [0.25, 0.3) is 22.4 Å². The van der Waals surface area contributed by atoms with Crippen molar-refractivity contribution in [3.8, 4) is 17.1 Å². The van der Waals surface area contributed by atoms with Gasteiger partial charge in [0.25, 0.3) is 0 Å². The average Bonchev–Trinajstić information content (AvgIpc) is 3.05. The van der Waals surface area contributed by atoms with Crippen LogP contribution >= 0.6 is 0 Å². The van der Waals surface area contributed by atoms with Gasteiger partial charge in [0.05, 0.1) is 11.0 Å². The number of aryl methyl sites for hydroxylation is 1. The van der Waals surface area contributed by atoms with Crippen LogP contribution in [0.1, 0.15) is 11.1 Å².